The first-order valence-electron chi connectivity index (χ1n) is 8.89. The SMILES string of the molecule is COCC(=O)N(Cc1ccc(OS(=O)(=O)c2c(C)cccc2Cl)cc1)C1CC1. The molecule has 0 aliphatic heterocycles. The number of hydrogen-bond acceptors (Lipinski definition) is 5. The topological polar surface area (TPSA) is 72.9 Å². The number of benzene rings is 2. The van der Waals surface area contributed by atoms with Crippen LogP contribution in [0.3, 0.4) is 0 Å². The van der Waals surface area contributed by atoms with Crippen molar-refractivity contribution < 1.29 is 22.1 Å². The van der Waals surface area contributed by atoms with E-state index in [1.807, 2.05) is 0 Å². The van der Waals surface area contributed by atoms with Crippen molar-refractivity contribution in [2.24, 2.45) is 0 Å². The summed E-state index contributed by atoms with van der Waals surface area (Å²) in [6.07, 6.45) is 1.98. The lowest BCUT2D eigenvalue weighted by Crippen LogP contribution is -2.35. The van der Waals surface area contributed by atoms with E-state index in [9.17, 15) is 13.2 Å². The van der Waals surface area contributed by atoms with E-state index < -0.39 is 10.1 Å². The first-order valence-corrected chi connectivity index (χ1v) is 10.7. The van der Waals surface area contributed by atoms with Gasteiger partial charge < -0.3 is 13.8 Å². The van der Waals surface area contributed by atoms with Crippen LogP contribution in [0.4, 0.5) is 0 Å². The molecule has 28 heavy (non-hydrogen) atoms. The Morgan fingerprint density at radius 2 is 1.86 bits per heavy atom. The number of amides is 1. The van der Waals surface area contributed by atoms with E-state index in [-0.39, 0.29) is 34.2 Å². The highest BCUT2D eigenvalue weighted by Crippen LogP contribution is 2.30. The van der Waals surface area contributed by atoms with Crippen LogP contribution in [0.1, 0.15) is 24.0 Å². The van der Waals surface area contributed by atoms with Crippen LogP contribution in [0.2, 0.25) is 5.02 Å². The summed E-state index contributed by atoms with van der Waals surface area (Å²) in [6, 6.07) is 11.8. The van der Waals surface area contributed by atoms with Gasteiger partial charge in [-0.05, 0) is 49.1 Å². The molecule has 0 saturated heterocycles. The fraction of sp³-hybridized carbons (Fsp3) is 0.350. The summed E-state index contributed by atoms with van der Waals surface area (Å²) < 4.78 is 35.4. The second kappa shape index (κ2) is 8.51. The highest BCUT2D eigenvalue weighted by Gasteiger charge is 2.32. The molecule has 6 nitrogen and oxygen atoms in total. The van der Waals surface area contributed by atoms with Crippen LogP contribution in [0.5, 0.6) is 5.75 Å². The molecule has 0 aromatic heterocycles. The van der Waals surface area contributed by atoms with Gasteiger partial charge in [0.05, 0.1) is 5.02 Å². The molecule has 3 rings (SSSR count). The van der Waals surface area contributed by atoms with Crippen molar-refractivity contribution in [3.8, 4) is 5.75 Å². The number of aryl methyl sites for hydroxylation is 1. The average molecular weight is 424 g/mol. The summed E-state index contributed by atoms with van der Waals surface area (Å²) in [4.78, 5) is 13.9. The second-order valence-electron chi connectivity index (χ2n) is 6.75. The summed E-state index contributed by atoms with van der Waals surface area (Å²) in [6.45, 7) is 2.16. The number of nitrogens with zero attached hydrogens (tertiary/aromatic N) is 1. The maximum Gasteiger partial charge on any atom is 0.340 e. The first-order chi connectivity index (χ1) is 13.3. The third-order valence-electron chi connectivity index (χ3n) is 4.47. The van der Waals surface area contributed by atoms with E-state index in [0.29, 0.717) is 12.1 Å². The van der Waals surface area contributed by atoms with Gasteiger partial charge in [-0.15, -0.1) is 0 Å². The molecule has 2 aromatic carbocycles. The summed E-state index contributed by atoms with van der Waals surface area (Å²) in [5.74, 6) is 0.131. The fourth-order valence-corrected chi connectivity index (χ4v) is 4.68. The third-order valence-corrected chi connectivity index (χ3v) is 6.35. The highest BCUT2D eigenvalue weighted by atomic mass is 35.5. The van der Waals surface area contributed by atoms with Gasteiger partial charge in [-0.2, -0.15) is 8.42 Å². The minimum atomic E-state index is -4.05. The third kappa shape index (κ3) is 4.84. The number of methoxy groups -OCH3 is 1. The molecule has 0 bridgehead atoms. The Labute approximate surface area is 170 Å². The van der Waals surface area contributed by atoms with Crippen molar-refractivity contribution in [2.45, 2.75) is 37.2 Å². The molecule has 0 heterocycles. The van der Waals surface area contributed by atoms with Gasteiger partial charge in [0.15, 0.2) is 0 Å². The van der Waals surface area contributed by atoms with Gasteiger partial charge in [-0.25, -0.2) is 0 Å². The van der Waals surface area contributed by atoms with Crippen LogP contribution in [0.15, 0.2) is 47.4 Å². The second-order valence-corrected chi connectivity index (χ2v) is 8.64. The zero-order valence-corrected chi connectivity index (χ0v) is 17.3. The normalized spacial score (nSPS) is 14.0. The smallest absolute Gasteiger partial charge is 0.340 e. The van der Waals surface area contributed by atoms with Crippen molar-refractivity contribution in [3.05, 3.63) is 58.6 Å². The molecule has 2 aromatic rings. The van der Waals surface area contributed by atoms with Crippen LogP contribution in [0.25, 0.3) is 0 Å². The maximum atomic E-state index is 12.6. The van der Waals surface area contributed by atoms with E-state index in [4.69, 9.17) is 20.5 Å². The predicted octanol–water partition coefficient (Wildman–Crippen LogP) is 3.55. The lowest BCUT2D eigenvalue weighted by Gasteiger charge is -2.22. The highest BCUT2D eigenvalue weighted by molar-refractivity contribution is 7.87. The molecule has 1 saturated carbocycles. The molecule has 1 amide bonds. The summed E-state index contributed by atoms with van der Waals surface area (Å²) in [5.41, 5.74) is 1.40. The molecule has 1 aliphatic carbocycles. The molecule has 0 unspecified atom stereocenters. The average Bonchev–Trinajstić information content (AvgIpc) is 3.45. The minimum absolute atomic E-state index is 0.0363. The maximum absolute atomic E-state index is 12.6. The van der Waals surface area contributed by atoms with Gasteiger partial charge >= 0.3 is 10.1 Å². The van der Waals surface area contributed by atoms with Gasteiger partial charge in [0, 0.05) is 19.7 Å². The van der Waals surface area contributed by atoms with Gasteiger partial charge in [-0.3, -0.25) is 4.79 Å². The lowest BCUT2D eigenvalue weighted by atomic mass is 10.2. The zero-order valence-electron chi connectivity index (χ0n) is 15.7. The van der Waals surface area contributed by atoms with Crippen molar-refractivity contribution in [2.75, 3.05) is 13.7 Å². The van der Waals surface area contributed by atoms with Gasteiger partial charge in [0.25, 0.3) is 0 Å². The van der Waals surface area contributed by atoms with E-state index >= 15 is 0 Å². The lowest BCUT2D eigenvalue weighted by molar-refractivity contribution is -0.136. The van der Waals surface area contributed by atoms with Crippen molar-refractivity contribution >= 4 is 27.6 Å². The Kier molecular flexibility index (Phi) is 6.27. The molecule has 8 heteroatoms. The molecule has 1 fully saturated rings. The van der Waals surface area contributed by atoms with E-state index in [1.165, 1.54) is 13.2 Å². The molecular weight excluding hydrogens is 402 g/mol. The standard InChI is InChI=1S/C20H22ClNO5S/c1-14-4-3-5-18(21)20(14)28(24,25)27-17-10-6-15(7-11-17)12-22(16-8-9-16)19(23)13-26-2/h3-7,10-11,16H,8-9,12-13H2,1-2H3. The number of halogens is 1. The van der Waals surface area contributed by atoms with Crippen LogP contribution >= 0.6 is 11.6 Å². The fourth-order valence-electron chi connectivity index (χ4n) is 2.96. The van der Waals surface area contributed by atoms with Crippen molar-refractivity contribution in [1.82, 2.24) is 4.90 Å². The summed E-state index contributed by atoms with van der Waals surface area (Å²) in [7, 11) is -2.55. The first kappa shape index (κ1) is 20.6. The van der Waals surface area contributed by atoms with Crippen LogP contribution < -0.4 is 4.18 Å². The molecule has 0 radical (unpaired) electrons. The molecule has 0 N–H and O–H groups in total. The Hall–Kier alpha value is -2.09. The Morgan fingerprint density at radius 1 is 1.18 bits per heavy atom. The van der Waals surface area contributed by atoms with E-state index in [2.05, 4.69) is 0 Å². The van der Waals surface area contributed by atoms with Gasteiger partial charge in [0.2, 0.25) is 5.91 Å². The molecule has 150 valence electrons. The van der Waals surface area contributed by atoms with Gasteiger partial charge in [0.1, 0.15) is 17.3 Å². The van der Waals surface area contributed by atoms with Crippen LogP contribution in [0, 0.1) is 6.92 Å². The quantitative estimate of drug-likeness (QED) is 0.607. The zero-order chi connectivity index (χ0) is 20.3. The van der Waals surface area contributed by atoms with E-state index in [1.54, 1.807) is 48.2 Å². The minimum Gasteiger partial charge on any atom is -0.379 e. The van der Waals surface area contributed by atoms with Crippen LogP contribution in [-0.2, 0) is 26.2 Å². The number of rotatable bonds is 8. The van der Waals surface area contributed by atoms with Gasteiger partial charge in [-0.1, -0.05) is 35.9 Å². The molecule has 0 atom stereocenters. The number of carbonyl (C=O) groups excluding carboxylic acids is 1. The van der Waals surface area contributed by atoms with Crippen molar-refractivity contribution in [3.63, 3.8) is 0 Å². The van der Waals surface area contributed by atoms with Crippen LogP contribution in [-0.4, -0.2) is 39.0 Å². The Balaban J connectivity index is 1.73. The number of carbonyl (C=O) groups is 1. The summed E-state index contributed by atoms with van der Waals surface area (Å²) >= 11 is 6.05. The van der Waals surface area contributed by atoms with Crippen molar-refractivity contribution in [1.29, 1.82) is 0 Å². The number of ether oxygens (including phenoxy) is 1. The Bertz CT molecular complexity index is 935. The largest absolute Gasteiger partial charge is 0.379 e. The molecule has 0 spiro atoms. The Morgan fingerprint density at radius 3 is 2.43 bits per heavy atom. The predicted molar refractivity (Wildman–Crippen MR) is 106 cm³/mol. The monoisotopic (exact) mass is 423 g/mol. The summed E-state index contributed by atoms with van der Waals surface area (Å²) in [5, 5.41) is 0.119. The number of hydrogen-bond donors (Lipinski definition) is 0. The van der Waals surface area contributed by atoms with E-state index in [0.717, 1.165) is 18.4 Å². The molecular formula is C20H22ClNO5S. The molecule has 1 aliphatic rings.